The lowest BCUT2D eigenvalue weighted by Crippen LogP contribution is -2.29. The third-order valence-electron chi connectivity index (χ3n) is 4.91. The van der Waals surface area contributed by atoms with Crippen LogP contribution in [0.2, 0.25) is 0 Å². The second kappa shape index (κ2) is 12.1. The topological polar surface area (TPSA) is 115 Å². The first-order valence-corrected chi connectivity index (χ1v) is 10.6. The second-order valence-electron chi connectivity index (χ2n) is 7.33. The van der Waals surface area contributed by atoms with Gasteiger partial charge in [0.2, 0.25) is 0 Å². The summed E-state index contributed by atoms with van der Waals surface area (Å²) in [6, 6.07) is 5.76. The molecule has 0 aliphatic heterocycles. The zero-order valence-corrected chi connectivity index (χ0v) is 18.0. The molecule has 0 heterocycles. The smallest absolute Gasteiger partial charge is 0.144 e. The van der Waals surface area contributed by atoms with Crippen molar-refractivity contribution in [3.05, 3.63) is 47.4 Å². The zero-order valence-electron chi connectivity index (χ0n) is 18.0. The Hall–Kier alpha value is -2.64. The Bertz CT molecular complexity index is 809. The van der Waals surface area contributed by atoms with Crippen LogP contribution in [0.1, 0.15) is 38.2 Å². The van der Waals surface area contributed by atoms with Crippen LogP contribution in [-0.2, 0) is 4.74 Å². The Balaban J connectivity index is 2.18. The Morgan fingerprint density at radius 3 is 2.47 bits per heavy atom. The summed E-state index contributed by atoms with van der Waals surface area (Å²) in [5.41, 5.74) is 9.83. The molecular formula is C23H34N4O3. The van der Waals surface area contributed by atoms with Crippen LogP contribution in [0.25, 0.3) is 0 Å². The van der Waals surface area contributed by atoms with E-state index in [2.05, 4.69) is 11.9 Å². The summed E-state index contributed by atoms with van der Waals surface area (Å²) in [6.07, 6.45) is 7.77. The Morgan fingerprint density at radius 2 is 1.83 bits per heavy atom. The van der Waals surface area contributed by atoms with Crippen LogP contribution in [0.4, 0.5) is 11.4 Å². The van der Waals surface area contributed by atoms with Crippen LogP contribution >= 0.6 is 0 Å². The van der Waals surface area contributed by atoms with E-state index in [1.54, 1.807) is 12.2 Å². The minimum absolute atomic E-state index is 0.0139. The summed E-state index contributed by atoms with van der Waals surface area (Å²) >= 11 is 0. The minimum Gasteiger partial charge on any atom is -0.491 e. The molecule has 1 aliphatic rings. The first-order valence-electron chi connectivity index (χ1n) is 10.6. The number of anilines is 1. The number of unbranched alkanes of at least 4 members (excludes halogenated alkanes) is 3. The van der Waals surface area contributed by atoms with Gasteiger partial charge in [0.25, 0.3) is 0 Å². The van der Waals surface area contributed by atoms with Crippen molar-refractivity contribution >= 4 is 22.8 Å². The van der Waals surface area contributed by atoms with E-state index < -0.39 is 0 Å². The molecule has 0 bridgehead atoms. The standard InChI is InChI=1S/C23H34N4O3/c1-3-4-5-6-13-30-23-16-22(19(24)15-20(23)25)26-21-8-7-18(14-17(21)2)27(9-11-28)10-12-29/h7-8,14-16,24,28-29H,3-6,9-13,25H2,1-2H3. The van der Waals surface area contributed by atoms with E-state index in [1.807, 2.05) is 30.0 Å². The number of nitrogens with two attached hydrogens (primary N) is 1. The lowest BCUT2D eigenvalue weighted by atomic mass is 10.1. The highest BCUT2D eigenvalue weighted by Crippen LogP contribution is 2.26. The van der Waals surface area contributed by atoms with Crippen LogP contribution in [0.15, 0.2) is 46.8 Å². The van der Waals surface area contributed by atoms with Crippen molar-refractivity contribution in [3.8, 4) is 0 Å². The first kappa shape index (κ1) is 23.6. The normalized spacial score (nSPS) is 15.2. The van der Waals surface area contributed by atoms with Crippen molar-refractivity contribution in [2.75, 3.05) is 37.8 Å². The van der Waals surface area contributed by atoms with Gasteiger partial charge in [-0.3, -0.25) is 5.41 Å². The molecule has 1 aromatic rings. The van der Waals surface area contributed by atoms with E-state index in [1.165, 1.54) is 12.8 Å². The Labute approximate surface area is 179 Å². The fourth-order valence-corrected chi connectivity index (χ4v) is 3.22. The molecule has 0 radical (unpaired) electrons. The molecule has 1 aromatic carbocycles. The van der Waals surface area contributed by atoms with Crippen LogP contribution in [0.3, 0.4) is 0 Å². The number of hydrogen-bond donors (Lipinski definition) is 4. The maximum absolute atomic E-state index is 9.24. The van der Waals surface area contributed by atoms with Gasteiger partial charge < -0.3 is 25.6 Å². The summed E-state index contributed by atoms with van der Waals surface area (Å²) < 4.78 is 5.83. The van der Waals surface area contributed by atoms with Gasteiger partial charge in [0.15, 0.2) is 0 Å². The summed E-state index contributed by atoms with van der Waals surface area (Å²) in [6.45, 7) is 5.64. The van der Waals surface area contributed by atoms with E-state index in [0.29, 0.717) is 36.9 Å². The van der Waals surface area contributed by atoms with Gasteiger partial charge in [-0.1, -0.05) is 26.2 Å². The Morgan fingerprint density at radius 1 is 1.10 bits per heavy atom. The predicted molar refractivity (Wildman–Crippen MR) is 123 cm³/mol. The van der Waals surface area contributed by atoms with Crippen LogP contribution < -0.4 is 10.6 Å². The van der Waals surface area contributed by atoms with Gasteiger partial charge in [0.1, 0.15) is 5.76 Å². The van der Waals surface area contributed by atoms with Gasteiger partial charge in [0, 0.05) is 24.9 Å². The minimum atomic E-state index is 0.0139. The zero-order chi connectivity index (χ0) is 21.9. The molecule has 30 heavy (non-hydrogen) atoms. The quantitative estimate of drug-likeness (QED) is 0.310. The van der Waals surface area contributed by atoms with Crippen molar-refractivity contribution < 1.29 is 14.9 Å². The van der Waals surface area contributed by atoms with Crippen LogP contribution in [0.5, 0.6) is 0 Å². The molecule has 7 heteroatoms. The number of benzene rings is 1. The summed E-state index contributed by atoms with van der Waals surface area (Å²) in [5.74, 6) is 0.563. The average molecular weight is 415 g/mol. The van der Waals surface area contributed by atoms with E-state index in [4.69, 9.17) is 15.9 Å². The van der Waals surface area contributed by atoms with Crippen LogP contribution in [-0.4, -0.2) is 54.5 Å². The number of nitrogens with one attached hydrogen (secondary N) is 1. The fourth-order valence-electron chi connectivity index (χ4n) is 3.22. The second-order valence-corrected chi connectivity index (χ2v) is 7.33. The number of aliphatic hydroxyl groups is 2. The van der Waals surface area contributed by atoms with Crippen LogP contribution in [0, 0.1) is 12.3 Å². The molecule has 7 nitrogen and oxygen atoms in total. The number of ether oxygens (including phenoxy) is 1. The van der Waals surface area contributed by atoms with Crippen molar-refractivity contribution in [3.63, 3.8) is 0 Å². The molecule has 0 atom stereocenters. The maximum atomic E-state index is 9.24. The predicted octanol–water partition coefficient (Wildman–Crippen LogP) is 3.22. The Kier molecular flexibility index (Phi) is 9.57. The molecule has 164 valence electrons. The van der Waals surface area contributed by atoms with Gasteiger partial charge in [-0.2, -0.15) is 0 Å². The van der Waals surface area contributed by atoms with E-state index in [9.17, 15) is 10.2 Å². The highest BCUT2D eigenvalue weighted by atomic mass is 16.5. The van der Waals surface area contributed by atoms with Gasteiger partial charge in [-0.05, 0) is 43.2 Å². The summed E-state index contributed by atoms with van der Waals surface area (Å²) in [4.78, 5) is 6.57. The molecule has 2 rings (SSSR count). The molecule has 1 aliphatic carbocycles. The summed E-state index contributed by atoms with van der Waals surface area (Å²) in [7, 11) is 0. The third-order valence-corrected chi connectivity index (χ3v) is 4.91. The molecule has 0 fully saturated rings. The number of nitrogens with zero attached hydrogens (tertiary/aromatic N) is 2. The lowest BCUT2D eigenvalue weighted by molar-refractivity contribution is 0.212. The largest absolute Gasteiger partial charge is 0.491 e. The van der Waals surface area contributed by atoms with E-state index >= 15 is 0 Å². The number of aliphatic hydroxyl groups excluding tert-OH is 2. The number of aryl methyl sites for hydroxylation is 1. The molecule has 0 saturated heterocycles. The third kappa shape index (κ3) is 6.71. The highest BCUT2D eigenvalue weighted by Gasteiger charge is 2.16. The monoisotopic (exact) mass is 414 g/mol. The number of rotatable bonds is 12. The molecule has 0 spiro atoms. The molecule has 0 saturated carbocycles. The SMILES string of the molecule is CCCCCCOC1=CC(=Nc2ccc(N(CCO)CCO)cc2C)C(=N)C=C1N. The van der Waals surface area contributed by atoms with Gasteiger partial charge in [0.05, 0.1) is 42.6 Å². The van der Waals surface area contributed by atoms with E-state index in [-0.39, 0.29) is 18.9 Å². The number of hydrogen-bond acceptors (Lipinski definition) is 7. The van der Waals surface area contributed by atoms with E-state index in [0.717, 1.165) is 29.8 Å². The lowest BCUT2D eigenvalue weighted by Gasteiger charge is -2.23. The molecule has 0 aromatic heterocycles. The molecule has 0 unspecified atom stereocenters. The van der Waals surface area contributed by atoms with Gasteiger partial charge in [-0.25, -0.2) is 4.99 Å². The molecule has 5 N–H and O–H groups in total. The molecule has 0 amide bonds. The summed E-state index contributed by atoms with van der Waals surface area (Å²) in [5, 5.41) is 26.7. The molecular weight excluding hydrogens is 380 g/mol. The van der Waals surface area contributed by atoms with Gasteiger partial charge in [-0.15, -0.1) is 0 Å². The first-order chi connectivity index (χ1) is 14.5. The van der Waals surface area contributed by atoms with Gasteiger partial charge >= 0.3 is 0 Å². The van der Waals surface area contributed by atoms with Crippen molar-refractivity contribution in [1.82, 2.24) is 0 Å². The van der Waals surface area contributed by atoms with Crippen molar-refractivity contribution in [2.24, 2.45) is 10.7 Å². The van der Waals surface area contributed by atoms with Crippen molar-refractivity contribution in [1.29, 1.82) is 5.41 Å². The van der Waals surface area contributed by atoms with Crippen molar-refractivity contribution in [2.45, 2.75) is 39.5 Å². The highest BCUT2D eigenvalue weighted by molar-refractivity contribution is 6.50. The fraction of sp³-hybridized carbons (Fsp3) is 0.478. The number of aliphatic imine (C=N–C) groups is 1. The number of allylic oxidation sites excluding steroid dienone is 2. The maximum Gasteiger partial charge on any atom is 0.144 e. The average Bonchev–Trinajstić information content (AvgIpc) is 2.72.